The number of hydrogen-bond donors (Lipinski definition) is 1. The molecule has 9 heteroatoms. The van der Waals surface area contributed by atoms with E-state index >= 15 is 0 Å². The topological polar surface area (TPSA) is 62.9 Å². The number of nitrogens with zero attached hydrogens (tertiary/aromatic N) is 4. The zero-order chi connectivity index (χ0) is 20.6. The molecule has 1 aliphatic rings. The maximum Gasteiger partial charge on any atom is 0.246 e. The van der Waals surface area contributed by atoms with Crippen LogP contribution in [-0.4, -0.2) is 62.8 Å². The van der Waals surface area contributed by atoms with Crippen LogP contribution in [-0.2, 0) is 16.7 Å². The Labute approximate surface area is 172 Å². The molecule has 0 spiro atoms. The molecule has 0 radical (unpaired) electrons. The second kappa shape index (κ2) is 8.02. The molecule has 2 heterocycles. The summed E-state index contributed by atoms with van der Waals surface area (Å²) in [6, 6.07) is 6.00. The monoisotopic (exact) mass is 426 g/mol. The summed E-state index contributed by atoms with van der Waals surface area (Å²) in [5, 5.41) is 5.27. The third kappa shape index (κ3) is 4.05. The molecular formula is C19H29ClN5O2S+. The van der Waals surface area contributed by atoms with E-state index in [0.717, 1.165) is 31.2 Å². The number of quaternary nitrogens is 1. The standard InChI is InChI=1S/C19H28ClN5O2S/c1-14-6-7-17(20)12-18(14)24-10-8-23(9-11-24)13-25-16(3)19(15(2)21-25)28(26,27)22(4)5/h6-7,12H,8-11,13H2,1-5H3/p+1. The molecule has 28 heavy (non-hydrogen) atoms. The Hall–Kier alpha value is -1.61. The molecule has 1 N–H and O–H groups in total. The first kappa shape index (κ1) is 21.1. The van der Waals surface area contributed by atoms with Gasteiger partial charge < -0.3 is 9.80 Å². The van der Waals surface area contributed by atoms with Crippen molar-refractivity contribution in [2.45, 2.75) is 32.3 Å². The smallest absolute Gasteiger partial charge is 0.246 e. The lowest BCUT2D eigenvalue weighted by atomic mass is 10.1. The van der Waals surface area contributed by atoms with Crippen LogP contribution in [0.4, 0.5) is 5.69 Å². The van der Waals surface area contributed by atoms with Gasteiger partial charge in [0.2, 0.25) is 10.0 Å². The van der Waals surface area contributed by atoms with Crippen LogP contribution in [0.15, 0.2) is 23.1 Å². The molecule has 0 bridgehead atoms. The highest BCUT2D eigenvalue weighted by atomic mass is 35.5. The first-order chi connectivity index (χ1) is 13.1. The summed E-state index contributed by atoms with van der Waals surface area (Å²) in [6.07, 6.45) is 0. The molecule has 1 aliphatic heterocycles. The molecule has 0 atom stereocenters. The number of sulfonamides is 1. The van der Waals surface area contributed by atoms with E-state index in [4.69, 9.17) is 11.6 Å². The van der Waals surface area contributed by atoms with Gasteiger partial charge in [0.1, 0.15) is 4.90 Å². The molecule has 2 aromatic rings. The Kier molecular flexibility index (Phi) is 6.05. The van der Waals surface area contributed by atoms with Crippen LogP contribution in [0.1, 0.15) is 17.0 Å². The van der Waals surface area contributed by atoms with Gasteiger partial charge in [-0.15, -0.1) is 0 Å². The van der Waals surface area contributed by atoms with Crippen molar-refractivity contribution in [2.75, 3.05) is 45.2 Å². The van der Waals surface area contributed by atoms with E-state index in [1.165, 1.54) is 20.5 Å². The van der Waals surface area contributed by atoms with Crippen LogP contribution >= 0.6 is 11.6 Å². The van der Waals surface area contributed by atoms with Crippen LogP contribution in [0.25, 0.3) is 0 Å². The minimum Gasteiger partial charge on any atom is -0.360 e. The van der Waals surface area contributed by atoms with Gasteiger partial charge in [-0.1, -0.05) is 17.7 Å². The summed E-state index contributed by atoms with van der Waals surface area (Å²) in [5.41, 5.74) is 3.67. The SMILES string of the molecule is Cc1ccc(Cl)cc1N1CC[NH+](Cn2nc(C)c(S(=O)(=O)N(C)C)c2C)CC1. The normalized spacial score (nSPS) is 16.2. The number of aromatic nitrogens is 2. The van der Waals surface area contributed by atoms with Gasteiger partial charge in [-0.05, 0) is 38.5 Å². The molecule has 0 aliphatic carbocycles. The maximum atomic E-state index is 12.6. The van der Waals surface area contributed by atoms with Gasteiger partial charge in [-0.3, -0.25) is 0 Å². The first-order valence-electron chi connectivity index (χ1n) is 9.42. The Morgan fingerprint density at radius 2 is 1.82 bits per heavy atom. The van der Waals surface area contributed by atoms with Gasteiger partial charge in [-0.25, -0.2) is 17.4 Å². The summed E-state index contributed by atoms with van der Waals surface area (Å²) in [5.74, 6) is 0. The predicted molar refractivity (Wildman–Crippen MR) is 112 cm³/mol. The number of halogens is 1. The van der Waals surface area contributed by atoms with E-state index in [0.29, 0.717) is 23.0 Å². The van der Waals surface area contributed by atoms with E-state index in [1.807, 2.05) is 23.7 Å². The van der Waals surface area contributed by atoms with Crippen molar-refractivity contribution in [2.24, 2.45) is 0 Å². The Balaban J connectivity index is 1.71. The van der Waals surface area contributed by atoms with Crippen molar-refractivity contribution in [1.82, 2.24) is 14.1 Å². The van der Waals surface area contributed by atoms with Crippen LogP contribution in [0.2, 0.25) is 5.02 Å². The third-order valence-electron chi connectivity index (χ3n) is 5.41. The van der Waals surface area contributed by atoms with Crippen molar-refractivity contribution in [3.63, 3.8) is 0 Å². The first-order valence-corrected chi connectivity index (χ1v) is 11.2. The molecule has 3 rings (SSSR count). The number of anilines is 1. The molecule has 1 saturated heterocycles. The van der Waals surface area contributed by atoms with Crippen molar-refractivity contribution in [3.8, 4) is 0 Å². The number of aryl methyl sites for hydroxylation is 2. The Bertz CT molecular complexity index is 963. The van der Waals surface area contributed by atoms with Crippen molar-refractivity contribution >= 4 is 27.3 Å². The summed E-state index contributed by atoms with van der Waals surface area (Å²) in [6.45, 7) is 10.1. The van der Waals surface area contributed by atoms with Gasteiger partial charge in [-0.2, -0.15) is 5.10 Å². The lowest BCUT2D eigenvalue weighted by Gasteiger charge is -2.34. The van der Waals surface area contributed by atoms with Gasteiger partial charge in [0, 0.05) is 24.8 Å². The third-order valence-corrected chi connectivity index (χ3v) is 7.71. The molecule has 0 saturated carbocycles. The van der Waals surface area contributed by atoms with E-state index in [-0.39, 0.29) is 0 Å². The van der Waals surface area contributed by atoms with Gasteiger partial charge in [0.15, 0.2) is 6.67 Å². The quantitative estimate of drug-likeness (QED) is 0.777. The summed E-state index contributed by atoms with van der Waals surface area (Å²) >= 11 is 6.17. The van der Waals surface area contributed by atoms with Crippen LogP contribution in [0.3, 0.4) is 0 Å². The fourth-order valence-electron chi connectivity index (χ4n) is 3.75. The molecule has 1 aromatic carbocycles. The largest absolute Gasteiger partial charge is 0.360 e. The summed E-state index contributed by atoms with van der Waals surface area (Å²) in [4.78, 5) is 4.08. The van der Waals surface area contributed by atoms with Gasteiger partial charge >= 0.3 is 0 Å². The highest BCUT2D eigenvalue weighted by Gasteiger charge is 2.28. The van der Waals surface area contributed by atoms with Crippen molar-refractivity contribution < 1.29 is 13.3 Å². The number of hydrogen-bond acceptors (Lipinski definition) is 4. The average molecular weight is 427 g/mol. The molecule has 7 nitrogen and oxygen atoms in total. The van der Waals surface area contributed by atoms with Crippen LogP contribution in [0, 0.1) is 20.8 Å². The minimum absolute atomic E-state index is 0.324. The number of benzene rings is 1. The number of rotatable bonds is 5. The molecular weight excluding hydrogens is 398 g/mol. The van der Waals surface area contributed by atoms with Crippen LogP contribution < -0.4 is 9.80 Å². The van der Waals surface area contributed by atoms with Crippen molar-refractivity contribution in [1.29, 1.82) is 0 Å². The summed E-state index contributed by atoms with van der Waals surface area (Å²) in [7, 11) is -0.393. The van der Waals surface area contributed by atoms with Gasteiger partial charge in [0.25, 0.3) is 0 Å². The zero-order valence-corrected chi connectivity index (χ0v) is 18.7. The predicted octanol–water partition coefficient (Wildman–Crippen LogP) is 1.07. The molecule has 154 valence electrons. The van der Waals surface area contributed by atoms with Crippen LogP contribution in [0.5, 0.6) is 0 Å². The molecule has 0 unspecified atom stereocenters. The Morgan fingerprint density at radius 1 is 1.18 bits per heavy atom. The second-order valence-corrected chi connectivity index (χ2v) is 10.1. The average Bonchev–Trinajstić information content (AvgIpc) is 2.91. The van der Waals surface area contributed by atoms with E-state index in [1.54, 1.807) is 21.0 Å². The maximum absolute atomic E-state index is 12.6. The molecule has 1 aromatic heterocycles. The number of nitrogens with one attached hydrogen (secondary N) is 1. The molecule has 1 fully saturated rings. The summed E-state index contributed by atoms with van der Waals surface area (Å²) < 4.78 is 28.3. The zero-order valence-electron chi connectivity index (χ0n) is 17.2. The van der Waals surface area contributed by atoms with E-state index in [9.17, 15) is 8.42 Å². The minimum atomic E-state index is -3.49. The molecule has 0 amide bonds. The fraction of sp³-hybridized carbons (Fsp3) is 0.526. The van der Waals surface area contributed by atoms with Gasteiger partial charge in [0.05, 0.1) is 37.6 Å². The highest BCUT2D eigenvalue weighted by molar-refractivity contribution is 7.89. The van der Waals surface area contributed by atoms with E-state index in [2.05, 4.69) is 23.0 Å². The fourth-order valence-corrected chi connectivity index (χ4v) is 5.17. The number of piperazine rings is 1. The lowest BCUT2D eigenvalue weighted by Crippen LogP contribution is -3.14. The highest BCUT2D eigenvalue weighted by Crippen LogP contribution is 2.24. The Morgan fingerprint density at radius 3 is 2.43 bits per heavy atom. The van der Waals surface area contributed by atoms with Crippen molar-refractivity contribution in [3.05, 3.63) is 40.2 Å². The second-order valence-electron chi connectivity index (χ2n) is 7.61. The lowest BCUT2D eigenvalue weighted by molar-refractivity contribution is -0.924. The van der Waals surface area contributed by atoms with E-state index < -0.39 is 10.0 Å².